The van der Waals surface area contributed by atoms with Crippen molar-refractivity contribution in [1.29, 1.82) is 0 Å². The molecule has 2 N–H and O–H groups in total. The molecule has 0 bridgehead atoms. The molecule has 0 spiro atoms. The van der Waals surface area contributed by atoms with Gasteiger partial charge in [-0.2, -0.15) is 0 Å². The van der Waals surface area contributed by atoms with Crippen molar-refractivity contribution in [3.8, 4) is 0 Å². The topological polar surface area (TPSA) is 83.0 Å². The predicted molar refractivity (Wildman–Crippen MR) is 108 cm³/mol. The van der Waals surface area contributed by atoms with Crippen molar-refractivity contribution in [2.75, 3.05) is 5.73 Å². The lowest BCUT2D eigenvalue weighted by molar-refractivity contribution is -0.147. The summed E-state index contributed by atoms with van der Waals surface area (Å²) in [5.41, 5.74) is 8.73. The number of carbonyl (C=O) groups excluding carboxylic acids is 1. The van der Waals surface area contributed by atoms with Crippen molar-refractivity contribution in [3.05, 3.63) is 30.1 Å². The van der Waals surface area contributed by atoms with Crippen LogP contribution in [-0.4, -0.2) is 20.5 Å². The van der Waals surface area contributed by atoms with Gasteiger partial charge in [-0.3, -0.25) is 4.79 Å². The van der Waals surface area contributed by atoms with Crippen LogP contribution in [0, 0.1) is 5.92 Å². The van der Waals surface area contributed by atoms with Crippen LogP contribution in [0.3, 0.4) is 0 Å². The van der Waals surface area contributed by atoms with E-state index in [1.807, 2.05) is 24.3 Å². The van der Waals surface area contributed by atoms with Crippen LogP contribution in [0.5, 0.6) is 0 Å². The molecule has 2 aromatic heterocycles. The molecule has 0 amide bonds. The Balaban J connectivity index is 2.28. The van der Waals surface area contributed by atoms with Crippen molar-refractivity contribution < 1.29 is 9.53 Å². The van der Waals surface area contributed by atoms with E-state index in [-0.39, 0.29) is 12.1 Å². The number of nitrogens with two attached hydrogens (primary N) is 1. The van der Waals surface area contributed by atoms with Crippen molar-refractivity contribution in [3.63, 3.8) is 0 Å². The summed E-state index contributed by atoms with van der Waals surface area (Å²) in [5, 5.41) is 1.01. The number of rotatable bonds is 7. The first-order valence-corrected chi connectivity index (χ1v) is 9.63. The Labute approximate surface area is 159 Å². The van der Waals surface area contributed by atoms with E-state index in [0.717, 1.165) is 48.1 Å². The van der Waals surface area contributed by atoms with Gasteiger partial charge < -0.3 is 15.0 Å². The second-order valence-corrected chi connectivity index (χ2v) is 7.43. The Bertz CT molecular complexity index is 962. The molecule has 2 heterocycles. The third kappa shape index (κ3) is 3.89. The minimum Gasteiger partial charge on any atom is -0.454 e. The summed E-state index contributed by atoms with van der Waals surface area (Å²) in [6.07, 6.45) is 2.33. The summed E-state index contributed by atoms with van der Waals surface area (Å²) >= 11 is 0. The van der Waals surface area contributed by atoms with Gasteiger partial charge >= 0.3 is 5.97 Å². The lowest BCUT2D eigenvalue weighted by Gasteiger charge is -2.19. The molecule has 0 radical (unpaired) electrons. The summed E-state index contributed by atoms with van der Waals surface area (Å²) in [7, 11) is 0. The van der Waals surface area contributed by atoms with E-state index in [4.69, 9.17) is 15.5 Å². The van der Waals surface area contributed by atoms with Gasteiger partial charge in [0.1, 0.15) is 5.52 Å². The highest BCUT2D eigenvalue weighted by molar-refractivity contribution is 6.06. The minimum atomic E-state index is -0.383. The van der Waals surface area contributed by atoms with Crippen LogP contribution in [-0.2, 0) is 16.1 Å². The molecule has 0 aliphatic heterocycles. The number of fused-ring (bicyclic) bond motifs is 3. The number of hydrogen-bond donors (Lipinski definition) is 1. The van der Waals surface area contributed by atoms with Crippen LogP contribution in [0.25, 0.3) is 21.9 Å². The van der Waals surface area contributed by atoms with E-state index in [2.05, 4.69) is 30.3 Å². The molecule has 3 rings (SSSR count). The molecule has 3 aromatic rings. The van der Waals surface area contributed by atoms with E-state index in [1.54, 1.807) is 0 Å². The van der Waals surface area contributed by atoms with Crippen LogP contribution in [0.2, 0.25) is 0 Å². The number of para-hydroxylation sites is 1. The van der Waals surface area contributed by atoms with Gasteiger partial charge in [0, 0.05) is 18.9 Å². The second-order valence-electron chi connectivity index (χ2n) is 7.43. The zero-order chi connectivity index (χ0) is 19.6. The van der Waals surface area contributed by atoms with Crippen molar-refractivity contribution in [2.45, 2.75) is 59.6 Å². The summed E-state index contributed by atoms with van der Waals surface area (Å²) in [5.74, 6) is 1.27. The quantitative estimate of drug-likeness (QED) is 0.615. The Morgan fingerprint density at radius 1 is 1.26 bits per heavy atom. The normalized spacial score (nSPS) is 12.8. The van der Waals surface area contributed by atoms with Gasteiger partial charge in [-0.1, -0.05) is 45.4 Å². The standard InChI is InChI=1S/C21H28N4O2/c1-5-6-11-17(27-14(4)26)21-24-18-19(25(21)12-13(2)3)15-9-7-8-10-16(15)23-20(18)22/h7-10,13,17H,5-6,11-12H2,1-4H3,(H2,22,23). The molecule has 6 heteroatoms. The van der Waals surface area contributed by atoms with Gasteiger partial charge in [0.2, 0.25) is 0 Å². The second kappa shape index (κ2) is 7.94. The number of nitrogens with zero attached hydrogens (tertiary/aromatic N) is 3. The molecule has 0 aliphatic rings. The highest BCUT2D eigenvalue weighted by atomic mass is 16.5. The lowest BCUT2D eigenvalue weighted by Crippen LogP contribution is -2.16. The first-order chi connectivity index (χ1) is 12.9. The maximum Gasteiger partial charge on any atom is 0.303 e. The van der Waals surface area contributed by atoms with E-state index in [9.17, 15) is 4.79 Å². The molecule has 1 aromatic carbocycles. The lowest BCUT2D eigenvalue weighted by atomic mass is 10.1. The maximum atomic E-state index is 11.7. The van der Waals surface area contributed by atoms with Gasteiger partial charge in [-0.15, -0.1) is 0 Å². The molecule has 1 atom stereocenters. The largest absolute Gasteiger partial charge is 0.454 e. The number of pyridine rings is 1. The molecular weight excluding hydrogens is 340 g/mol. The van der Waals surface area contributed by atoms with Crippen molar-refractivity contribution in [1.82, 2.24) is 14.5 Å². The fourth-order valence-electron chi connectivity index (χ4n) is 3.50. The van der Waals surface area contributed by atoms with Gasteiger partial charge in [0.05, 0.1) is 11.0 Å². The molecule has 0 saturated heterocycles. The smallest absolute Gasteiger partial charge is 0.303 e. The molecule has 144 valence electrons. The number of imidazole rings is 1. The third-order valence-corrected chi connectivity index (χ3v) is 4.60. The van der Waals surface area contributed by atoms with Crippen LogP contribution < -0.4 is 5.73 Å². The fraction of sp³-hybridized carbons (Fsp3) is 0.476. The Hall–Kier alpha value is -2.63. The number of ether oxygens (including phenoxy) is 1. The third-order valence-electron chi connectivity index (χ3n) is 4.60. The molecule has 1 unspecified atom stereocenters. The Kier molecular flexibility index (Phi) is 5.63. The molecule has 0 aliphatic carbocycles. The van der Waals surface area contributed by atoms with Gasteiger partial charge in [0.25, 0.3) is 0 Å². The van der Waals surface area contributed by atoms with Crippen molar-refractivity contribution in [2.24, 2.45) is 5.92 Å². The van der Waals surface area contributed by atoms with Crippen LogP contribution in [0.4, 0.5) is 5.82 Å². The first kappa shape index (κ1) is 19.1. The molecule has 6 nitrogen and oxygen atoms in total. The maximum absolute atomic E-state index is 11.7. The number of anilines is 1. The van der Waals surface area contributed by atoms with Gasteiger partial charge in [0.15, 0.2) is 17.7 Å². The average Bonchev–Trinajstić information content (AvgIpc) is 2.98. The fourth-order valence-corrected chi connectivity index (χ4v) is 3.50. The Morgan fingerprint density at radius 2 is 2.00 bits per heavy atom. The van der Waals surface area contributed by atoms with E-state index >= 15 is 0 Å². The summed E-state index contributed by atoms with van der Waals surface area (Å²) < 4.78 is 7.83. The predicted octanol–water partition coefficient (Wildman–Crippen LogP) is 4.62. The molecular formula is C21H28N4O2. The zero-order valence-electron chi connectivity index (χ0n) is 16.5. The average molecular weight is 368 g/mol. The monoisotopic (exact) mass is 368 g/mol. The van der Waals surface area contributed by atoms with E-state index in [0.29, 0.717) is 17.3 Å². The first-order valence-electron chi connectivity index (χ1n) is 9.63. The Morgan fingerprint density at radius 3 is 2.67 bits per heavy atom. The van der Waals surface area contributed by atoms with E-state index < -0.39 is 0 Å². The van der Waals surface area contributed by atoms with Crippen molar-refractivity contribution >= 4 is 33.7 Å². The number of hydrogen-bond acceptors (Lipinski definition) is 5. The zero-order valence-corrected chi connectivity index (χ0v) is 16.5. The number of carbonyl (C=O) groups is 1. The van der Waals surface area contributed by atoms with Gasteiger partial charge in [-0.25, -0.2) is 9.97 Å². The number of benzene rings is 1. The SMILES string of the molecule is CCCCC(OC(C)=O)c1nc2c(N)nc3ccccc3c2n1CC(C)C. The van der Waals surface area contributed by atoms with E-state index in [1.165, 1.54) is 6.92 Å². The molecule has 27 heavy (non-hydrogen) atoms. The number of esters is 1. The molecule has 0 saturated carbocycles. The molecule has 0 fully saturated rings. The highest BCUT2D eigenvalue weighted by Gasteiger charge is 2.25. The van der Waals surface area contributed by atoms with Crippen LogP contribution in [0.15, 0.2) is 24.3 Å². The van der Waals surface area contributed by atoms with Gasteiger partial charge in [-0.05, 0) is 24.8 Å². The summed E-state index contributed by atoms with van der Waals surface area (Å²) in [6, 6.07) is 7.94. The number of unbranched alkanes of at least 4 members (excludes halogenated alkanes) is 1. The number of nitrogen functional groups attached to an aromatic ring is 1. The van der Waals surface area contributed by atoms with Crippen LogP contribution in [0.1, 0.15) is 58.9 Å². The highest BCUT2D eigenvalue weighted by Crippen LogP contribution is 2.33. The minimum absolute atomic E-state index is 0.296. The number of aromatic nitrogens is 3. The summed E-state index contributed by atoms with van der Waals surface area (Å²) in [6.45, 7) is 8.66. The van der Waals surface area contributed by atoms with Crippen LogP contribution >= 0.6 is 0 Å². The summed E-state index contributed by atoms with van der Waals surface area (Å²) in [4.78, 5) is 21.1.